The Hall–Kier alpha value is -1.10. The van der Waals surface area contributed by atoms with Crippen molar-refractivity contribution >= 4 is 0 Å². The minimum atomic E-state index is -0.300. The minimum absolute atomic E-state index is 0.300. The molecule has 0 bridgehead atoms. The zero-order valence-electron chi connectivity index (χ0n) is 10.7. The fourth-order valence-corrected chi connectivity index (χ4v) is 2.12. The number of hydrogen-bond acceptors (Lipinski definition) is 4. The molecule has 0 amide bonds. The molecule has 0 aromatic heterocycles. The van der Waals surface area contributed by atoms with Crippen LogP contribution in [-0.4, -0.2) is 38.6 Å². The van der Waals surface area contributed by atoms with Gasteiger partial charge in [-0.05, 0) is 36.1 Å². The topological polar surface area (TPSA) is 47.9 Å². The first-order valence-electron chi connectivity index (χ1n) is 6.31. The number of aliphatic hydroxyl groups excluding tert-OH is 1. The number of fused-ring (bicyclic) bond motifs is 1. The first kappa shape index (κ1) is 13.3. The van der Waals surface area contributed by atoms with E-state index in [1.807, 2.05) is 18.2 Å². The SMILES string of the molecule is COCCOCCOc1ccc2c(c1)CC[C@@H]2O. The molecule has 1 aliphatic carbocycles. The van der Waals surface area contributed by atoms with E-state index in [9.17, 15) is 5.11 Å². The Morgan fingerprint density at radius 1 is 1.22 bits per heavy atom. The molecule has 1 aromatic rings. The minimum Gasteiger partial charge on any atom is -0.491 e. The number of ether oxygens (including phenoxy) is 3. The van der Waals surface area contributed by atoms with E-state index in [0.717, 1.165) is 24.2 Å². The van der Waals surface area contributed by atoms with Crippen molar-refractivity contribution in [1.29, 1.82) is 0 Å². The van der Waals surface area contributed by atoms with Gasteiger partial charge in [0.1, 0.15) is 12.4 Å². The van der Waals surface area contributed by atoms with E-state index in [2.05, 4.69) is 0 Å². The smallest absolute Gasteiger partial charge is 0.119 e. The molecule has 18 heavy (non-hydrogen) atoms. The Morgan fingerprint density at radius 3 is 2.89 bits per heavy atom. The zero-order chi connectivity index (χ0) is 12.8. The Balaban J connectivity index is 1.74. The predicted molar refractivity (Wildman–Crippen MR) is 67.9 cm³/mol. The molecule has 0 unspecified atom stereocenters. The quantitative estimate of drug-likeness (QED) is 0.750. The van der Waals surface area contributed by atoms with Crippen LogP contribution in [0.3, 0.4) is 0 Å². The van der Waals surface area contributed by atoms with Gasteiger partial charge in [-0.1, -0.05) is 6.07 Å². The summed E-state index contributed by atoms with van der Waals surface area (Å²) in [6.07, 6.45) is 1.45. The van der Waals surface area contributed by atoms with E-state index >= 15 is 0 Å². The summed E-state index contributed by atoms with van der Waals surface area (Å²) in [6, 6.07) is 5.87. The van der Waals surface area contributed by atoms with E-state index in [-0.39, 0.29) is 6.10 Å². The average molecular weight is 252 g/mol. The normalized spacial score (nSPS) is 17.8. The maximum Gasteiger partial charge on any atom is 0.119 e. The standard InChI is InChI=1S/C14H20O4/c1-16-6-7-17-8-9-18-12-3-4-13-11(10-12)2-5-14(13)15/h3-4,10,14-15H,2,5-9H2,1H3/t14-/m0/s1. The third-order valence-electron chi connectivity index (χ3n) is 3.09. The maximum absolute atomic E-state index is 9.70. The summed E-state index contributed by atoms with van der Waals surface area (Å²) in [5, 5.41) is 9.70. The van der Waals surface area contributed by atoms with Crippen molar-refractivity contribution in [3.8, 4) is 5.75 Å². The number of rotatable bonds is 7. The van der Waals surface area contributed by atoms with Gasteiger partial charge in [0.25, 0.3) is 0 Å². The fourth-order valence-electron chi connectivity index (χ4n) is 2.12. The van der Waals surface area contributed by atoms with Gasteiger partial charge in [-0.15, -0.1) is 0 Å². The summed E-state index contributed by atoms with van der Waals surface area (Å²) >= 11 is 0. The molecule has 0 saturated heterocycles. The van der Waals surface area contributed by atoms with E-state index in [0.29, 0.717) is 26.4 Å². The lowest BCUT2D eigenvalue weighted by atomic mass is 10.1. The molecule has 0 fully saturated rings. The van der Waals surface area contributed by atoms with Crippen molar-refractivity contribution in [2.45, 2.75) is 18.9 Å². The van der Waals surface area contributed by atoms with E-state index < -0.39 is 0 Å². The molecule has 100 valence electrons. The lowest BCUT2D eigenvalue weighted by Gasteiger charge is -2.09. The van der Waals surface area contributed by atoms with E-state index in [1.54, 1.807) is 7.11 Å². The molecule has 1 N–H and O–H groups in total. The molecule has 0 radical (unpaired) electrons. The second-order valence-electron chi connectivity index (χ2n) is 4.37. The zero-order valence-corrected chi connectivity index (χ0v) is 10.7. The van der Waals surface area contributed by atoms with Gasteiger partial charge in [-0.3, -0.25) is 0 Å². The number of methoxy groups -OCH3 is 1. The average Bonchev–Trinajstić information content (AvgIpc) is 2.75. The Labute approximate surface area is 107 Å². The van der Waals surface area contributed by atoms with Gasteiger partial charge in [0.15, 0.2) is 0 Å². The van der Waals surface area contributed by atoms with Crippen LogP contribution in [0.4, 0.5) is 0 Å². The monoisotopic (exact) mass is 252 g/mol. The molecule has 4 heteroatoms. The van der Waals surface area contributed by atoms with Crippen LogP contribution in [0.25, 0.3) is 0 Å². The van der Waals surface area contributed by atoms with Crippen molar-refractivity contribution in [1.82, 2.24) is 0 Å². The van der Waals surface area contributed by atoms with Crippen molar-refractivity contribution in [2.24, 2.45) is 0 Å². The third kappa shape index (κ3) is 3.45. The van der Waals surface area contributed by atoms with Crippen LogP contribution in [0.2, 0.25) is 0 Å². The molecular weight excluding hydrogens is 232 g/mol. The molecule has 1 atom stereocenters. The van der Waals surface area contributed by atoms with Crippen molar-refractivity contribution in [2.75, 3.05) is 33.5 Å². The molecule has 1 aromatic carbocycles. The molecule has 0 saturated carbocycles. The van der Waals surface area contributed by atoms with Gasteiger partial charge in [-0.2, -0.15) is 0 Å². The fraction of sp³-hybridized carbons (Fsp3) is 0.571. The highest BCUT2D eigenvalue weighted by molar-refractivity contribution is 5.39. The van der Waals surface area contributed by atoms with Crippen LogP contribution in [0.1, 0.15) is 23.7 Å². The molecule has 1 aliphatic rings. The second-order valence-corrected chi connectivity index (χ2v) is 4.37. The Morgan fingerprint density at radius 2 is 2.06 bits per heavy atom. The van der Waals surface area contributed by atoms with Crippen LogP contribution < -0.4 is 4.74 Å². The Bertz CT molecular complexity index is 378. The summed E-state index contributed by atoms with van der Waals surface area (Å²) < 4.78 is 15.8. The van der Waals surface area contributed by atoms with Crippen LogP contribution in [0.15, 0.2) is 18.2 Å². The summed E-state index contributed by atoms with van der Waals surface area (Å²) in [5.41, 5.74) is 2.24. The van der Waals surface area contributed by atoms with E-state index in [1.165, 1.54) is 5.56 Å². The highest BCUT2D eigenvalue weighted by Crippen LogP contribution is 2.33. The molecule has 0 heterocycles. The highest BCUT2D eigenvalue weighted by Gasteiger charge is 2.20. The number of aryl methyl sites for hydroxylation is 1. The third-order valence-corrected chi connectivity index (χ3v) is 3.09. The van der Waals surface area contributed by atoms with Crippen LogP contribution >= 0.6 is 0 Å². The number of hydrogen-bond donors (Lipinski definition) is 1. The maximum atomic E-state index is 9.70. The highest BCUT2D eigenvalue weighted by atomic mass is 16.5. The number of benzene rings is 1. The lowest BCUT2D eigenvalue weighted by Crippen LogP contribution is -2.10. The van der Waals surface area contributed by atoms with Crippen molar-refractivity contribution in [3.05, 3.63) is 29.3 Å². The summed E-state index contributed by atoms with van der Waals surface area (Å²) in [7, 11) is 1.65. The summed E-state index contributed by atoms with van der Waals surface area (Å²) in [6.45, 7) is 2.29. The molecular formula is C14H20O4. The number of aliphatic hydroxyl groups is 1. The molecule has 4 nitrogen and oxygen atoms in total. The summed E-state index contributed by atoms with van der Waals surface area (Å²) in [5.74, 6) is 0.846. The van der Waals surface area contributed by atoms with Crippen LogP contribution in [0, 0.1) is 0 Å². The molecule has 2 rings (SSSR count). The van der Waals surface area contributed by atoms with Crippen molar-refractivity contribution in [3.63, 3.8) is 0 Å². The van der Waals surface area contributed by atoms with Gasteiger partial charge in [0.2, 0.25) is 0 Å². The first-order chi connectivity index (χ1) is 8.81. The largest absolute Gasteiger partial charge is 0.491 e. The van der Waals surface area contributed by atoms with E-state index in [4.69, 9.17) is 14.2 Å². The molecule has 0 aliphatic heterocycles. The van der Waals surface area contributed by atoms with Gasteiger partial charge in [0, 0.05) is 7.11 Å². The Kier molecular flexibility index (Phi) is 4.99. The van der Waals surface area contributed by atoms with Gasteiger partial charge < -0.3 is 19.3 Å². The lowest BCUT2D eigenvalue weighted by molar-refractivity contribution is 0.0544. The second kappa shape index (κ2) is 6.73. The van der Waals surface area contributed by atoms with Gasteiger partial charge in [-0.25, -0.2) is 0 Å². The predicted octanol–water partition coefficient (Wildman–Crippen LogP) is 1.71. The first-order valence-corrected chi connectivity index (χ1v) is 6.31. The van der Waals surface area contributed by atoms with Crippen molar-refractivity contribution < 1.29 is 19.3 Å². The van der Waals surface area contributed by atoms with Gasteiger partial charge >= 0.3 is 0 Å². The summed E-state index contributed by atoms with van der Waals surface area (Å²) in [4.78, 5) is 0. The van der Waals surface area contributed by atoms with Crippen LogP contribution in [-0.2, 0) is 15.9 Å². The van der Waals surface area contributed by atoms with Crippen LogP contribution in [0.5, 0.6) is 5.75 Å². The molecule has 0 spiro atoms. The van der Waals surface area contributed by atoms with Gasteiger partial charge in [0.05, 0.1) is 25.9 Å².